The van der Waals surface area contributed by atoms with Gasteiger partial charge in [0.05, 0.1) is 33.3 Å². The highest BCUT2D eigenvalue weighted by Crippen LogP contribution is 2.45. The summed E-state index contributed by atoms with van der Waals surface area (Å²) in [6.45, 7) is 1.74. The fourth-order valence-corrected chi connectivity index (χ4v) is 4.55. The van der Waals surface area contributed by atoms with Crippen LogP contribution in [0.1, 0.15) is 36.3 Å². The molecular weight excluding hydrogens is 310 g/mol. The number of fused-ring (bicyclic) bond motifs is 3. The molecule has 2 aromatic carbocycles. The Morgan fingerprint density at radius 2 is 1.64 bits per heavy atom. The van der Waals surface area contributed by atoms with Gasteiger partial charge >= 0.3 is 5.97 Å². The molecule has 0 N–H and O–H groups in total. The van der Waals surface area contributed by atoms with Crippen LogP contribution in [0.3, 0.4) is 0 Å². The number of nitrogens with zero attached hydrogens (tertiary/aromatic N) is 1. The van der Waals surface area contributed by atoms with Gasteiger partial charge in [-0.2, -0.15) is 0 Å². The lowest BCUT2D eigenvalue weighted by atomic mass is 9.97. The number of carbonyl (C=O) groups is 1. The maximum atomic E-state index is 12.9. The van der Waals surface area contributed by atoms with Crippen LogP contribution in [0.25, 0.3) is 11.1 Å². The first kappa shape index (κ1) is 16.3. The fraction of sp³-hybridized carbons (Fsp3) is 0.409. The predicted molar refractivity (Wildman–Crippen MR) is 99.3 cm³/mol. The summed E-state index contributed by atoms with van der Waals surface area (Å²) in [6.07, 6.45) is 3.46. The highest BCUT2D eigenvalue weighted by Gasteiger charge is 2.36. The summed E-state index contributed by atoms with van der Waals surface area (Å²) in [5, 5.41) is 0. The van der Waals surface area contributed by atoms with Crippen molar-refractivity contribution in [2.24, 2.45) is 0 Å². The van der Waals surface area contributed by atoms with Crippen molar-refractivity contribution in [1.82, 2.24) is 0 Å². The second-order valence-electron chi connectivity index (χ2n) is 7.86. The number of esters is 1. The molecule has 1 fully saturated rings. The van der Waals surface area contributed by atoms with Crippen LogP contribution in [0.5, 0.6) is 0 Å². The fourth-order valence-electron chi connectivity index (χ4n) is 4.55. The summed E-state index contributed by atoms with van der Waals surface area (Å²) in [4.78, 5) is 12.9. The van der Waals surface area contributed by atoms with Crippen LogP contribution in [0, 0.1) is 0 Å². The van der Waals surface area contributed by atoms with E-state index in [4.69, 9.17) is 4.74 Å². The molecule has 0 spiro atoms. The molecule has 0 amide bonds. The van der Waals surface area contributed by atoms with Crippen molar-refractivity contribution >= 4 is 5.97 Å². The second kappa shape index (κ2) is 6.30. The molecule has 0 saturated carbocycles. The van der Waals surface area contributed by atoms with Gasteiger partial charge in [0.25, 0.3) is 0 Å². The monoisotopic (exact) mass is 336 g/mol. The number of hydrogen-bond acceptors (Lipinski definition) is 2. The van der Waals surface area contributed by atoms with Crippen LogP contribution < -0.4 is 0 Å². The van der Waals surface area contributed by atoms with E-state index in [1.807, 2.05) is 24.3 Å². The summed E-state index contributed by atoms with van der Waals surface area (Å²) in [5.74, 6) is -0.390. The smallest absolute Gasteiger partial charge is 0.317 e. The normalized spacial score (nSPS) is 21.0. The molecule has 3 heteroatoms. The standard InChI is InChI=1S/C22H26NO2/c1-23(2)14-7-8-16(23)13-15-25-22(24)21-19-11-5-3-9-17(19)18-10-4-6-12-20(18)21/h3-6,9-12,16,21H,7-8,13-15H2,1-2H3/q+1. The minimum absolute atomic E-state index is 0.110. The van der Waals surface area contributed by atoms with Gasteiger partial charge in [-0.3, -0.25) is 4.79 Å². The molecule has 0 radical (unpaired) electrons. The molecule has 25 heavy (non-hydrogen) atoms. The Hall–Kier alpha value is -2.13. The lowest BCUT2D eigenvalue weighted by molar-refractivity contribution is -0.902. The van der Waals surface area contributed by atoms with Crippen LogP contribution in [0.4, 0.5) is 0 Å². The largest absolute Gasteiger partial charge is 0.465 e. The van der Waals surface area contributed by atoms with Gasteiger partial charge in [0.1, 0.15) is 5.92 Å². The molecule has 130 valence electrons. The van der Waals surface area contributed by atoms with Gasteiger partial charge in [0.2, 0.25) is 0 Å². The summed E-state index contributed by atoms with van der Waals surface area (Å²) < 4.78 is 6.79. The Balaban J connectivity index is 1.49. The average molecular weight is 336 g/mol. The molecule has 1 unspecified atom stereocenters. The van der Waals surface area contributed by atoms with Crippen molar-refractivity contribution < 1.29 is 14.0 Å². The lowest BCUT2D eigenvalue weighted by Crippen LogP contribution is -2.44. The van der Waals surface area contributed by atoms with Gasteiger partial charge in [-0.1, -0.05) is 48.5 Å². The van der Waals surface area contributed by atoms with E-state index in [-0.39, 0.29) is 11.9 Å². The zero-order valence-electron chi connectivity index (χ0n) is 15.1. The van der Waals surface area contributed by atoms with E-state index < -0.39 is 0 Å². The van der Waals surface area contributed by atoms with E-state index in [0.29, 0.717) is 12.6 Å². The molecule has 1 saturated heterocycles. The Morgan fingerprint density at radius 3 is 2.20 bits per heavy atom. The third-order valence-electron chi connectivity index (χ3n) is 6.03. The van der Waals surface area contributed by atoms with Gasteiger partial charge in [0, 0.05) is 19.3 Å². The summed E-state index contributed by atoms with van der Waals surface area (Å²) >= 11 is 0. The molecule has 0 bridgehead atoms. The average Bonchev–Trinajstić information content (AvgIpc) is 3.12. The Kier molecular flexibility index (Phi) is 4.12. The van der Waals surface area contributed by atoms with Crippen molar-refractivity contribution in [1.29, 1.82) is 0 Å². The van der Waals surface area contributed by atoms with Crippen LogP contribution in [-0.4, -0.2) is 43.7 Å². The number of quaternary nitrogens is 1. The predicted octanol–water partition coefficient (Wildman–Crippen LogP) is 3.97. The van der Waals surface area contributed by atoms with Gasteiger partial charge in [-0.15, -0.1) is 0 Å². The van der Waals surface area contributed by atoms with Gasteiger partial charge in [-0.05, 0) is 22.3 Å². The highest BCUT2D eigenvalue weighted by atomic mass is 16.5. The van der Waals surface area contributed by atoms with Crippen molar-refractivity contribution in [3.05, 3.63) is 59.7 Å². The van der Waals surface area contributed by atoms with E-state index in [2.05, 4.69) is 38.4 Å². The Bertz CT molecular complexity index is 751. The molecule has 1 heterocycles. The number of rotatable bonds is 4. The number of hydrogen-bond donors (Lipinski definition) is 0. The Labute approximate surface area is 149 Å². The molecule has 0 aromatic heterocycles. The van der Waals surface area contributed by atoms with Crippen LogP contribution in [0.15, 0.2) is 48.5 Å². The summed E-state index contributed by atoms with van der Waals surface area (Å²) in [7, 11) is 4.56. The molecule has 1 aliphatic carbocycles. The first-order chi connectivity index (χ1) is 12.1. The zero-order valence-corrected chi connectivity index (χ0v) is 15.1. The molecule has 1 atom stereocenters. The van der Waals surface area contributed by atoms with E-state index in [0.717, 1.165) is 33.2 Å². The molecular formula is C22H26NO2+. The number of ether oxygens (including phenoxy) is 1. The summed E-state index contributed by atoms with van der Waals surface area (Å²) in [6, 6.07) is 17.0. The first-order valence-corrected chi connectivity index (χ1v) is 9.25. The minimum Gasteiger partial charge on any atom is -0.465 e. The molecule has 2 aromatic rings. The molecule has 4 rings (SSSR count). The van der Waals surface area contributed by atoms with Gasteiger partial charge in [-0.25, -0.2) is 0 Å². The first-order valence-electron chi connectivity index (χ1n) is 9.25. The second-order valence-corrected chi connectivity index (χ2v) is 7.86. The highest BCUT2D eigenvalue weighted by molar-refractivity contribution is 5.93. The maximum absolute atomic E-state index is 12.9. The molecule has 2 aliphatic rings. The van der Waals surface area contributed by atoms with Crippen LogP contribution in [0.2, 0.25) is 0 Å². The third kappa shape index (κ3) is 2.87. The van der Waals surface area contributed by atoms with Crippen LogP contribution in [-0.2, 0) is 9.53 Å². The Morgan fingerprint density at radius 1 is 1.04 bits per heavy atom. The van der Waals surface area contributed by atoms with Gasteiger partial charge < -0.3 is 9.22 Å². The maximum Gasteiger partial charge on any atom is 0.317 e. The third-order valence-corrected chi connectivity index (χ3v) is 6.03. The minimum atomic E-state index is -0.279. The quantitative estimate of drug-likeness (QED) is 0.624. The lowest BCUT2D eigenvalue weighted by Gasteiger charge is -2.31. The van der Waals surface area contributed by atoms with Gasteiger partial charge in [0.15, 0.2) is 0 Å². The van der Waals surface area contributed by atoms with E-state index in [1.165, 1.54) is 19.4 Å². The topological polar surface area (TPSA) is 26.3 Å². The molecule has 3 nitrogen and oxygen atoms in total. The van der Waals surface area contributed by atoms with E-state index in [1.54, 1.807) is 0 Å². The van der Waals surface area contributed by atoms with Crippen molar-refractivity contribution in [2.45, 2.75) is 31.2 Å². The number of carbonyl (C=O) groups excluding carboxylic acids is 1. The number of benzene rings is 2. The SMILES string of the molecule is C[N+]1(C)CCCC1CCOC(=O)C1c2ccccc2-c2ccccc21. The van der Waals surface area contributed by atoms with Crippen molar-refractivity contribution in [2.75, 3.05) is 27.2 Å². The summed E-state index contributed by atoms with van der Waals surface area (Å²) in [5.41, 5.74) is 4.47. The number of likely N-dealkylation sites (tertiary alicyclic amines) is 1. The van der Waals surface area contributed by atoms with Crippen molar-refractivity contribution in [3.63, 3.8) is 0 Å². The van der Waals surface area contributed by atoms with E-state index >= 15 is 0 Å². The molecule has 1 aliphatic heterocycles. The zero-order chi connectivity index (χ0) is 17.4. The van der Waals surface area contributed by atoms with E-state index in [9.17, 15) is 4.79 Å². The van der Waals surface area contributed by atoms with Crippen LogP contribution >= 0.6 is 0 Å². The van der Waals surface area contributed by atoms with Crippen molar-refractivity contribution in [3.8, 4) is 11.1 Å².